The van der Waals surface area contributed by atoms with E-state index < -0.39 is 10.0 Å². The lowest BCUT2D eigenvalue weighted by atomic mass is 10.2. The minimum absolute atomic E-state index is 0.267. The number of nitrogens with one attached hydrogen (secondary N) is 1. The minimum Gasteiger partial charge on any atom is -0.494 e. The summed E-state index contributed by atoms with van der Waals surface area (Å²) in [6.45, 7) is 3.16. The molecule has 0 aliphatic rings. The van der Waals surface area contributed by atoms with Gasteiger partial charge in [0, 0.05) is 18.1 Å². The molecule has 0 bridgehead atoms. The molecule has 2 aromatic carbocycles. The third kappa shape index (κ3) is 7.10. The fourth-order valence-corrected chi connectivity index (χ4v) is 4.13. The first kappa shape index (κ1) is 19.8. The molecule has 0 saturated carbocycles. The van der Waals surface area contributed by atoms with E-state index >= 15 is 0 Å². The second-order valence-electron chi connectivity index (χ2n) is 5.61. The molecule has 25 heavy (non-hydrogen) atoms. The summed E-state index contributed by atoms with van der Waals surface area (Å²) in [6, 6.07) is 16.7. The number of ether oxygens (including phenoxy) is 1. The monoisotopic (exact) mass is 379 g/mol. The summed E-state index contributed by atoms with van der Waals surface area (Å²) in [7, 11) is -3.47. The smallest absolute Gasteiger partial charge is 0.240 e. The quantitative estimate of drug-likeness (QED) is 0.598. The number of hydrogen-bond donors (Lipinski definition) is 1. The van der Waals surface area contributed by atoms with Crippen LogP contribution < -0.4 is 9.46 Å². The summed E-state index contributed by atoms with van der Waals surface area (Å²) in [6.07, 6.45) is 2.06. The predicted molar refractivity (Wildman–Crippen MR) is 105 cm³/mol. The minimum atomic E-state index is -3.47. The van der Waals surface area contributed by atoms with Crippen LogP contribution in [-0.4, -0.2) is 27.3 Å². The van der Waals surface area contributed by atoms with E-state index in [0.717, 1.165) is 24.3 Å². The van der Waals surface area contributed by atoms with E-state index in [4.69, 9.17) is 4.74 Å². The molecule has 1 N–H and O–H groups in total. The Kier molecular flexibility index (Phi) is 8.31. The van der Waals surface area contributed by atoms with Crippen LogP contribution in [-0.2, 0) is 15.8 Å². The summed E-state index contributed by atoms with van der Waals surface area (Å²) in [5.74, 6) is 2.31. The molecule has 2 rings (SSSR count). The molecule has 0 amide bonds. The maximum absolute atomic E-state index is 12.3. The van der Waals surface area contributed by atoms with Crippen LogP contribution in [0.4, 0.5) is 0 Å². The van der Waals surface area contributed by atoms with Crippen LogP contribution in [0.3, 0.4) is 0 Å². The van der Waals surface area contributed by atoms with Crippen LogP contribution in [0.5, 0.6) is 5.75 Å². The average Bonchev–Trinajstić information content (AvgIpc) is 2.63. The van der Waals surface area contributed by atoms with Crippen molar-refractivity contribution in [2.45, 2.75) is 30.4 Å². The Morgan fingerprint density at radius 3 is 2.44 bits per heavy atom. The highest BCUT2D eigenvalue weighted by Gasteiger charge is 2.13. The number of rotatable bonds is 11. The van der Waals surface area contributed by atoms with Crippen LogP contribution in [0.2, 0.25) is 0 Å². The molecular weight excluding hydrogens is 354 g/mol. The van der Waals surface area contributed by atoms with Crippen LogP contribution in [0.15, 0.2) is 59.5 Å². The van der Waals surface area contributed by atoms with Gasteiger partial charge in [0.1, 0.15) is 5.75 Å². The molecule has 136 valence electrons. The van der Waals surface area contributed by atoms with Crippen molar-refractivity contribution in [3.05, 3.63) is 60.2 Å². The maximum Gasteiger partial charge on any atom is 0.240 e. The van der Waals surface area contributed by atoms with E-state index in [1.165, 1.54) is 5.56 Å². The maximum atomic E-state index is 12.3. The molecule has 0 saturated heterocycles. The number of thioether (sulfide) groups is 1. The zero-order valence-corrected chi connectivity index (χ0v) is 16.1. The lowest BCUT2D eigenvalue weighted by Gasteiger charge is -2.09. The lowest BCUT2D eigenvalue weighted by Crippen LogP contribution is -2.26. The SMILES string of the molecule is CCCCOc1ccc(S(=O)(=O)NCCSCc2ccccc2)cc1. The molecule has 6 heteroatoms. The van der Waals surface area contributed by atoms with Crippen molar-refractivity contribution in [1.82, 2.24) is 4.72 Å². The highest BCUT2D eigenvalue weighted by Crippen LogP contribution is 2.16. The first-order chi connectivity index (χ1) is 12.1. The summed E-state index contributed by atoms with van der Waals surface area (Å²) in [4.78, 5) is 0.267. The van der Waals surface area contributed by atoms with Gasteiger partial charge in [0.25, 0.3) is 0 Å². The van der Waals surface area contributed by atoms with E-state index in [0.29, 0.717) is 18.9 Å². The van der Waals surface area contributed by atoms with E-state index in [1.54, 1.807) is 36.0 Å². The fraction of sp³-hybridized carbons (Fsp3) is 0.368. The summed E-state index contributed by atoms with van der Waals surface area (Å²) in [5.41, 5.74) is 1.24. The Balaban J connectivity index is 1.74. The Morgan fingerprint density at radius 2 is 1.76 bits per heavy atom. The molecule has 4 nitrogen and oxygen atoms in total. The van der Waals surface area contributed by atoms with Crippen LogP contribution in [0.1, 0.15) is 25.3 Å². The topological polar surface area (TPSA) is 55.4 Å². The summed E-state index contributed by atoms with van der Waals surface area (Å²) < 4.78 is 32.7. The molecule has 0 aromatic heterocycles. The van der Waals surface area contributed by atoms with Gasteiger partial charge in [-0.15, -0.1) is 0 Å². The van der Waals surface area contributed by atoms with Gasteiger partial charge < -0.3 is 4.74 Å². The molecule has 0 unspecified atom stereocenters. The van der Waals surface area contributed by atoms with Gasteiger partial charge in [-0.1, -0.05) is 43.7 Å². The standard InChI is InChI=1S/C19H25NO3S2/c1-2-3-14-23-18-9-11-19(12-10-18)25(21,22)20-13-15-24-16-17-7-5-4-6-8-17/h4-12,20H,2-3,13-16H2,1H3. The van der Waals surface area contributed by atoms with Crippen molar-refractivity contribution in [3.8, 4) is 5.75 Å². The van der Waals surface area contributed by atoms with E-state index in [-0.39, 0.29) is 4.90 Å². The summed E-state index contributed by atoms with van der Waals surface area (Å²) in [5, 5.41) is 0. The van der Waals surface area contributed by atoms with Crippen LogP contribution in [0.25, 0.3) is 0 Å². The second-order valence-corrected chi connectivity index (χ2v) is 8.48. The first-order valence-electron chi connectivity index (χ1n) is 8.46. The third-order valence-electron chi connectivity index (χ3n) is 3.55. The van der Waals surface area contributed by atoms with Crippen molar-refractivity contribution < 1.29 is 13.2 Å². The van der Waals surface area contributed by atoms with E-state index in [9.17, 15) is 8.42 Å². The first-order valence-corrected chi connectivity index (χ1v) is 11.1. The molecule has 0 spiro atoms. The molecule has 0 aliphatic heterocycles. The Morgan fingerprint density at radius 1 is 1.04 bits per heavy atom. The van der Waals surface area contributed by atoms with Crippen molar-refractivity contribution in [1.29, 1.82) is 0 Å². The van der Waals surface area contributed by atoms with Crippen LogP contribution in [0, 0.1) is 0 Å². The number of hydrogen-bond acceptors (Lipinski definition) is 4. The molecular formula is C19H25NO3S2. The molecule has 0 fully saturated rings. The zero-order valence-electron chi connectivity index (χ0n) is 14.5. The largest absolute Gasteiger partial charge is 0.494 e. The number of sulfonamides is 1. The normalized spacial score (nSPS) is 11.4. The van der Waals surface area contributed by atoms with Crippen molar-refractivity contribution in [2.75, 3.05) is 18.9 Å². The molecule has 0 heterocycles. The Bertz CT molecular complexity index is 716. The molecule has 0 aliphatic carbocycles. The van der Waals surface area contributed by atoms with Crippen molar-refractivity contribution >= 4 is 21.8 Å². The van der Waals surface area contributed by atoms with Gasteiger partial charge in [-0.25, -0.2) is 13.1 Å². The predicted octanol–water partition coefficient (Wildman–Crippen LogP) is 4.08. The van der Waals surface area contributed by atoms with E-state index in [1.807, 2.05) is 18.2 Å². The highest BCUT2D eigenvalue weighted by atomic mass is 32.2. The van der Waals surface area contributed by atoms with Crippen LogP contribution >= 0.6 is 11.8 Å². The second kappa shape index (κ2) is 10.5. The average molecular weight is 380 g/mol. The lowest BCUT2D eigenvalue weighted by molar-refractivity contribution is 0.309. The van der Waals surface area contributed by atoms with Gasteiger partial charge in [0.05, 0.1) is 11.5 Å². The fourth-order valence-electron chi connectivity index (χ4n) is 2.15. The number of unbranched alkanes of at least 4 members (excludes halogenated alkanes) is 1. The highest BCUT2D eigenvalue weighted by molar-refractivity contribution is 7.98. The zero-order chi connectivity index (χ0) is 18.0. The molecule has 0 radical (unpaired) electrons. The third-order valence-corrected chi connectivity index (χ3v) is 6.06. The van der Waals surface area contributed by atoms with Gasteiger partial charge >= 0.3 is 0 Å². The van der Waals surface area contributed by atoms with Gasteiger partial charge in [0.15, 0.2) is 0 Å². The number of benzene rings is 2. The Labute approximate surface area is 155 Å². The van der Waals surface area contributed by atoms with Gasteiger partial charge in [-0.3, -0.25) is 0 Å². The van der Waals surface area contributed by atoms with Crippen molar-refractivity contribution in [3.63, 3.8) is 0 Å². The van der Waals surface area contributed by atoms with Gasteiger partial charge in [-0.05, 0) is 36.2 Å². The van der Waals surface area contributed by atoms with Gasteiger partial charge in [0.2, 0.25) is 10.0 Å². The summed E-state index contributed by atoms with van der Waals surface area (Å²) >= 11 is 1.71. The van der Waals surface area contributed by atoms with E-state index in [2.05, 4.69) is 23.8 Å². The van der Waals surface area contributed by atoms with Crippen molar-refractivity contribution in [2.24, 2.45) is 0 Å². The molecule has 0 atom stereocenters. The molecule has 2 aromatic rings. The van der Waals surface area contributed by atoms with Gasteiger partial charge in [-0.2, -0.15) is 11.8 Å². The Hall–Kier alpha value is -1.50.